The second-order valence-corrected chi connectivity index (χ2v) is 6.50. The van der Waals surface area contributed by atoms with E-state index in [1.54, 1.807) is 18.7 Å². The lowest BCUT2D eigenvalue weighted by Crippen LogP contribution is -2.37. The summed E-state index contributed by atoms with van der Waals surface area (Å²) in [5.74, 6) is -1.72. The van der Waals surface area contributed by atoms with Gasteiger partial charge in [-0.25, -0.2) is 17.7 Å². The zero-order chi connectivity index (χ0) is 14.5. The SMILES string of the molecule is CC(CN(CCCn1ccnc1)S(C)(=O)=O)C(=O)O. The summed E-state index contributed by atoms with van der Waals surface area (Å²) in [5, 5.41) is 8.84. The number of carboxylic acids is 1. The Hall–Kier alpha value is -1.41. The largest absolute Gasteiger partial charge is 0.481 e. The first-order valence-electron chi connectivity index (χ1n) is 5.94. The van der Waals surface area contributed by atoms with Crippen LogP contribution in [0.2, 0.25) is 0 Å². The molecule has 0 saturated heterocycles. The first kappa shape index (κ1) is 15.6. The molecule has 0 aliphatic rings. The molecule has 0 aliphatic carbocycles. The van der Waals surface area contributed by atoms with E-state index in [-0.39, 0.29) is 6.54 Å². The molecule has 1 unspecified atom stereocenters. The summed E-state index contributed by atoms with van der Waals surface area (Å²) >= 11 is 0. The Morgan fingerprint density at radius 3 is 2.68 bits per heavy atom. The van der Waals surface area contributed by atoms with Gasteiger partial charge in [-0.15, -0.1) is 0 Å². The molecule has 0 saturated carbocycles. The van der Waals surface area contributed by atoms with Gasteiger partial charge in [0.1, 0.15) is 0 Å². The van der Waals surface area contributed by atoms with Crippen LogP contribution in [0, 0.1) is 5.92 Å². The second-order valence-electron chi connectivity index (χ2n) is 4.51. The summed E-state index contributed by atoms with van der Waals surface area (Å²) in [7, 11) is -3.39. The van der Waals surface area contributed by atoms with E-state index in [0.717, 1.165) is 6.26 Å². The molecule has 1 aromatic heterocycles. The van der Waals surface area contributed by atoms with Crippen molar-refractivity contribution in [1.82, 2.24) is 13.9 Å². The third-order valence-electron chi connectivity index (χ3n) is 2.75. The van der Waals surface area contributed by atoms with Gasteiger partial charge >= 0.3 is 5.97 Å². The Morgan fingerprint density at radius 2 is 2.21 bits per heavy atom. The van der Waals surface area contributed by atoms with Crippen LogP contribution in [0.3, 0.4) is 0 Å². The maximum atomic E-state index is 11.6. The van der Waals surface area contributed by atoms with Gasteiger partial charge in [-0.2, -0.15) is 0 Å². The molecule has 108 valence electrons. The molecule has 0 aromatic carbocycles. The van der Waals surface area contributed by atoms with Crippen LogP contribution < -0.4 is 0 Å². The van der Waals surface area contributed by atoms with E-state index >= 15 is 0 Å². The van der Waals surface area contributed by atoms with Crippen molar-refractivity contribution in [3.8, 4) is 0 Å². The van der Waals surface area contributed by atoms with E-state index in [1.807, 2.05) is 4.57 Å². The number of sulfonamides is 1. The second kappa shape index (κ2) is 6.67. The van der Waals surface area contributed by atoms with Gasteiger partial charge in [0.15, 0.2) is 0 Å². The van der Waals surface area contributed by atoms with Crippen molar-refractivity contribution in [1.29, 1.82) is 0 Å². The summed E-state index contributed by atoms with van der Waals surface area (Å²) in [6, 6.07) is 0. The topological polar surface area (TPSA) is 92.5 Å². The van der Waals surface area contributed by atoms with Crippen molar-refractivity contribution >= 4 is 16.0 Å². The number of rotatable bonds is 8. The van der Waals surface area contributed by atoms with Gasteiger partial charge < -0.3 is 9.67 Å². The van der Waals surface area contributed by atoms with Crippen LogP contribution in [0.1, 0.15) is 13.3 Å². The fourth-order valence-electron chi connectivity index (χ4n) is 1.62. The monoisotopic (exact) mass is 289 g/mol. The number of carbonyl (C=O) groups is 1. The molecule has 8 heteroatoms. The van der Waals surface area contributed by atoms with Crippen LogP contribution in [0.4, 0.5) is 0 Å². The summed E-state index contributed by atoms with van der Waals surface area (Å²) in [4.78, 5) is 14.7. The minimum absolute atomic E-state index is 0.00189. The maximum Gasteiger partial charge on any atom is 0.307 e. The van der Waals surface area contributed by atoms with Crippen molar-refractivity contribution in [2.75, 3.05) is 19.3 Å². The minimum atomic E-state index is -3.39. The highest BCUT2D eigenvalue weighted by Crippen LogP contribution is 2.07. The van der Waals surface area contributed by atoms with E-state index < -0.39 is 21.9 Å². The summed E-state index contributed by atoms with van der Waals surface area (Å²) < 4.78 is 26.3. The average Bonchev–Trinajstić information content (AvgIpc) is 2.78. The number of nitrogens with zero attached hydrogens (tertiary/aromatic N) is 3. The molecule has 1 rings (SSSR count). The third kappa shape index (κ3) is 5.39. The molecule has 19 heavy (non-hydrogen) atoms. The van der Waals surface area contributed by atoms with E-state index in [0.29, 0.717) is 19.5 Å². The van der Waals surface area contributed by atoms with Crippen molar-refractivity contribution in [3.63, 3.8) is 0 Å². The van der Waals surface area contributed by atoms with E-state index in [9.17, 15) is 13.2 Å². The molecule has 1 N–H and O–H groups in total. The van der Waals surface area contributed by atoms with Crippen LogP contribution in [-0.2, 0) is 21.4 Å². The smallest absolute Gasteiger partial charge is 0.307 e. The lowest BCUT2D eigenvalue weighted by molar-refractivity contribution is -0.141. The zero-order valence-corrected chi connectivity index (χ0v) is 11.9. The molecule has 1 heterocycles. The molecule has 1 atom stereocenters. The number of carboxylic acid groups (broad SMARTS) is 1. The van der Waals surface area contributed by atoms with Gasteiger partial charge in [0, 0.05) is 32.0 Å². The van der Waals surface area contributed by atoms with Crippen molar-refractivity contribution in [2.24, 2.45) is 5.92 Å². The average molecular weight is 289 g/mol. The molecule has 0 amide bonds. The number of hydrogen-bond donors (Lipinski definition) is 1. The highest BCUT2D eigenvalue weighted by Gasteiger charge is 2.22. The molecule has 0 spiro atoms. The quantitative estimate of drug-likeness (QED) is 0.741. The van der Waals surface area contributed by atoms with Gasteiger partial charge in [-0.1, -0.05) is 6.92 Å². The molecule has 7 nitrogen and oxygen atoms in total. The van der Waals surface area contributed by atoms with Gasteiger partial charge in [0.05, 0.1) is 18.5 Å². The predicted octanol–water partition coefficient (Wildman–Crippen LogP) is 0.256. The normalized spacial score (nSPS) is 13.6. The van der Waals surface area contributed by atoms with Crippen molar-refractivity contribution < 1.29 is 18.3 Å². The molecule has 0 fully saturated rings. The Labute approximate surface area is 112 Å². The third-order valence-corrected chi connectivity index (χ3v) is 4.02. The van der Waals surface area contributed by atoms with Crippen LogP contribution >= 0.6 is 0 Å². The highest BCUT2D eigenvalue weighted by molar-refractivity contribution is 7.88. The summed E-state index contributed by atoms with van der Waals surface area (Å²) in [5.41, 5.74) is 0. The molecule has 1 aromatic rings. The predicted molar refractivity (Wildman–Crippen MR) is 70.1 cm³/mol. The van der Waals surface area contributed by atoms with Crippen LogP contribution in [0.5, 0.6) is 0 Å². The van der Waals surface area contributed by atoms with Gasteiger partial charge in [-0.05, 0) is 6.42 Å². The molecular weight excluding hydrogens is 270 g/mol. The summed E-state index contributed by atoms with van der Waals surface area (Å²) in [6.07, 6.45) is 6.81. The lowest BCUT2D eigenvalue weighted by Gasteiger charge is -2.21. The van der Waals surface area contributed by atoms with Crippen LogP contribution in [0.25, 0.3) is 0 Å². The Kier molecular flexibility index (Phi) is 5.49. The number of aryl methyl sites for hydroxylation is 1. The fraction of sp³-hybridized carbons (Fsp3) is 0.636. The molecular formula is C11H19N3O4S. The van der Waals surface area contributed by atoms with E-state index in [1.165, 1.54) is 11.2 Å². The zero-order valence-electron chi connectivity index (χ0n) is 11.1. The van der Waals surface area contributed by atoms with Gasteiger partial charge in [-0.3, -0.25) is 4.79 Å². The lowest BCUT2D eigenvalue weighted by atomic mass is 10.2. The van der Waals surface area contributed by atoms with Gasteiger partial charge in [0.25, 0.3) is 0 Å². The molecule has 0 radical (unpaired) electrons. The van der Waals surface area contributed by atoms with Gasteiger partial charge in [0.2, 0.25) is 10.0 Å². The maximum absolute atomic E-state index is 11.6. The van der Waals surface area contributed by atoms with Crippen LogP contribution in [0.15, 0.2) is 18.7 Å². The molecule has 0 aliphatic heterocycles. The number of aromatic nitrogens is 2. The van der Waals surface area contributed by atoms with Crippen molar-refractivity contribution in [2.45, 2.75) is 19.9 Å². The van der Waals surface area contributed by atoms with E-state index in [4.69, 9.17) is 5.11 Å². The number of hydrogen-bond acceptors (Lipinski definition) is 4. The highest BCUT2D eigenvalue weighted by atomic mass is 32.2. The Morgan fingerprint density at radius 1 is 1.53 bits per heavy atom. The van der Waals surface area contributed by atoms with Crippen LogP contribution in [-0.4, -0.2) is 52.7 Å². The minimum Gasteiger partial charge on any atom is -0.481 e. The Bertz CT molecular complexity index is 498. The van der Waals surface area contributed by atoms with E-state index in [2.05, 4.69) is 4.98 Å². The summed E-state index contributed by atoms with van der Waals surface area (Å²) in [6.45, 7) is 2.44. The number of aliphatic carboxylic acids is 1. The first-order chi connectivity index (χ1) is 8.80. The molecule has 0 bridgehead atoms. The van der Waals surface area contributed by atoms with Crippen molar-refractivity contribution in [3.05, 3.63) is 18.7 Å². The fourth-order valence-corrected chi connectivity index (χ4v) is 2.58. The first-order valence-corrected chi connectivity index (χ1v) is 7.79. The Balaban J connectivity index is 2.53. The standard InChI is InChI=1S/C11H19N3O4S/c1-10(11(15)16)8-14(19(2,17)18)6-3-5-13-7-4-12-9-13/h4,7,9-10H,3,5-6,8H2,1-2H3,(H,15,16). The number of imidazole rings is 1.